The topological polar surface area (TPSA) is 36.1 Å². The van der Waals surface area contributed by atoms with Gasteiger partial charge in [0.05, 0.1) is 5.41 Å². The first-order valence-electron chi connectivity index (χ1n) is 6.98. The van der Waals surface area contributed by atoms with Crippen molar-refractivity contribution in [3.63, 3.8) is 0 Å². The molecular weight excluding hydrogens is 272 g/mol. The van der Waals surface area contributed by atoms with Crippen molar-refractivity contribution >= 4 is 28.4 Å². The molecule has 4 heteroatoms. The van der Waals surface area contributed by atoms with E-state index in [1.54, 1.807) is 0 Å². The summed E-state index contributed by atoms with van der Waals surface area (Å²) in [4.78, 5) is 17.8. The number of fused-ring (bicyclic) bond motifs is 1. The third-order valence-electron chi connectivity index (χ3n) is 3.90. The number of nitrogens with one attached hydrogen (secondary N) is 1. The Kier molecular flexibility index (Phi) is 4.09. The average Bonchev–Trinajstić information content (AvgIpc) is 2.83. The first-order chi connectivity index (χ1) is 9.41. The molecule has 0 unspecified atom stereocenters. The number of benzene rings is 1. The molecule has 1 aromatic heterocycles. The maximum absolute atomic E-state index is 12.7. The summed E-state index contributed by atoms with van der Waals surface area (Å²) in [7, 11) is 0. The van der Waals surface area contributed by atoms with E-state index in [4.69, 9.17) is 11.6 Å². The molecule has 1 amide bonds. The summed E-state index contributed by atoms with van der Waals surface area (Å²) in [6.07, 6.45) is 1.92. The fourth-order valence-corrected chi connectivity index (χ4v) is 2.81. The zero-order chi connectivity index (χ0) is 14.9. The van der Waals surface area contributed by atoms with Crippen molar-refractivity contribution in [1.82, 2.24) is 9.88 Å². The van der Waals surface area contributed by atoms with Gasteiger partial charge in [-0.1, -0.05) is 17.7 Å². The highest BCUT2D eigenvalue weighted by Gasteiger charge is 2.34. The first kappa shape index (κ1) is 14.9. The number of carbonyl (C=O) groups excluding carboxylic acids is 1. The van der Waals surface area contributed by atoms with Crippen molar-refractivity contribution in [3.8, 4) is 0 Å². The molecule has 1 heterocycles. The summed E-state index contributed by atoms with van der Waals surface area (Å²) < 4.78 is 0. The number of nitrogens with zero attached hydrogens (tertiary/aromatic N) is 1. The van der Waals surface area contributed by atoms with Crippen molar-refractivity contribution in [2.45, 2.75) is 33.1 Å². The van der Waals surface area contributed by atoms with Crippen molar-refractivity contribution in [2.24, 2.45) is 0 Å². The number of rotatable bonds is 4. The highest BCUT2D eigenvalue weighted by Crippen LogP contribution is 2.33. The molecule has 0 radical (unpaired) electrons. The van der Waals surface area contributed by atoms with Crippen LogP contribution in [-0.2, 0) is 10.2 Å². The number of aromatic nitrogens is 1. The number of hydrogen-bond acceptors (Lipinski definition) is 1. The highest BCUT2D eigenvalue weighted by molar-refractivity contribution is 6.31. The van der Waals surface area contributed by atoms with Gasteiger partial charge in [0.2, 0.25) is 5.91 Å². The first-order valence-corrected chi connectivity index (χ1v) is 7.36. The van der Waals surface area contributed by atoms with Crippen LogP contribution in [0.4, 0.5) is 0 Å². The summed E-state index contributed by atoms with van der Waals surface area (Å²) in [5, 5.41) is 1.75. The molecule has 108 valence electrons. The standard InChI is InChI=1S/C16H21ClN2O/c1-5-19(6-2)15(20)16(3,4)13-10-18-14-9-11(17)7-8-12(13)14/h7-10,18H,5-6H2,1-4H3. The Labute approximate surface area is 124 Å². The lowest BCUT2D eigenvalue weighted by atomic mass is 9.83. The third kappa shape index (κ3) is 2.42. The van der Waals surface area contributed by atoms with Crippen LogP contribution < -0.4 is 0 Å². The van der Waals surface area contributed by atoms with Crippen molar-refractivity contribution in [2.75, 3.05) is 13.1 Å². The minimum Gasteiger partial charge on any atom is -0.361 e. The van der Waals surface area contributed by atoms with Crippen molar-refractivity contribution in [1.29, 1.82) is 0 Å². The molecule has 0 saturated heterocycles. The minimum atomic E-state index is -0.557. The molecule has 2 aromatic rings. The van der Waals surface area contributed by atoms with Gasteiger partial charge in [0, 0.05) is 35.2 Å². The van der Waals surface area contributed by atoms with Crippen molar-refractivity contribution < 1.29 is 4.79 Å². The maximum atomic E-state index is 12.7. The SMILES string of the molecule is CCN(CC)C(=O)C(C)(C)c1c[nH]c2cc(Cl)ccc12. The van der Waals surface area contributed by atoms with Gasteiger partial charge in [-0.15, -0.1) is 0 Å². The Bertz CT molecular complexity index is 626. The van der Waals surface area contributed by atoms with Crippen LogP contribution in [0.25, 0.3) is 10.9 Å². The Hall–Kier alpha value is -1.48. The Balaban J connectivity index is 2.48. The number of hydrogen-bond donors (Lipinski definition) is 1. The smallest absolute Gasteiger partial charge is 0.232 e. The van der Waals surface area contributed by atoms with Gasteiger partial charge in [0.15, 0.2) is 0 Å². The van der Waals surface area contributed by atoms with Crippen LogP contribution in [0.1, 0.15) is 33.3 Å². The number of amides is 1. The second-order valence-corrected chi connectivity index (χ2v) is 5.93. The van der Waals surface area contributed by atoms with Gasteiger partial charge >= 0.3 is 0 Å². The number of likely N-dealkylation sites (N-methyl/N-ethyl adjacent to an activating group) is 1. The van der Waals surface area contributed by atoms with Crippen LogP contribution in [0.3, 0.4) is 0 Å². The number of H-pyrrole nitrogens is 1. The fraction of sp³-hybridized carbons (Fsp3) is 0.438. The molecule has 3 nitrogen and oxygen atoms in total. The van der Waals surface area contributed by atoms with Crippen LogP contribution in [-0.4, -0.2) is 28.9 Å². The Morgan fingerprint density at radius 2 is 1.95 bits per heavy atom. The molecule has 0 aliphatic heterocycles. The van der Waals surface area contributed by atoms with Gasteiger partial charge in [-0.3, -0.25) is 4.79 Å². The normalized spacial score (nSPS) is 11.8. The predicted molar refractivity (Wildman–Crippen MR) is 84.3 cm³/mol. The monoisotopic (exact) mass is 292 g/mol. The molecule has 0 bridgehead atoms. The lowest BCUT2D eigenvalue weighted by Crippen LogP contribution is -2.43. The Morgan fingerprint density at radius 3 is 2.55 bits per heavy atom. The van der Waals surface area contributed by atoms with E-state index in [2.05, 4.69) is 4.98 Å². The zero-order valence-corrected chi connectivity index (χ0v) is 13.2. The van der Waals surface area contributed by atoms with Gasteiger partial charge in [-0.2, -0.15) is 0 Å². The summed E-state index contributed by atoms with van der Waals surface area (Å²) in [5.41, 5.74) is 1.42. The van der Waals surface area contributed by atoms with Crippen LogP contribution in [0.2, 0.25) is 5.02 Å². The molecular formula is C16H21ClN2O. The maximum Gasteiger partial charge on any atom is 0.232 e. The van der Waals surface area contributed by atoms with Crippen LogP contribution >= 0.6 is 11.6 Å². The van der Waals surface area contributed by atoms with Gasteiger partial charge < -0.3 is 9.88 Å². The van der Waals surface area contributed by atoms with E-state index in [1.165, 1.54) is 0 Å². The summed E-state index contributed by atoms with van der Waals surface area (Å²) in [5.74, 6) is 0.151. The lowest BCUT2D eigenvalue weighted by molar-refractivity contribution is -0.135. The minimum absolute atomic E-state index is 0.151. The van der Waals surface area contributed by atoms with Crippen LogP contribution in [0.15, 0.2) is 24.4 Å². The molecule has 0 spiro atoms. The summed E-state index contributed by atoms with van der Waals surface area (Å²) in [6.45, 7) is 9.43. The van der Waals surface area contributed by atoms with Gasteiger partial charge in [0.1, 0.15) is 0 Å². The van der Waals surface area contributed by atoms with E-state index < -0.39 is 5.41 Å². The van der Waals surface area contributed by atoms with E-state index in [-0.39, 0.29) is 5.91 Å². The average molecular weight is 293 g/mol. The van der Waals surface area contributed by atoms with Crippen molar-refractivity contribution in [3.05, 3.63) is 35.0 Å². The van der Waals surface area contributed by atoms with E-state index in [9.17, 15) is 4.79 Å². The molecule has 0 atom stereocenters. The molecule has 20 heavy (non-hydrogen) atoms. The summed E-state index contributed by atoms with van der Waals surface area (Å²) >= 11 is 6.00. The molecule has 0 fully saturated rings. The van der Waals surface area contributed by atoms with Gasteiger partial charge in [-0.25, -0.2) is 0 Å². The molecule has 1 N–H and O–H groups in total. The number of aromatic amines is 1. The second kappa shape index (κ2) is 5.49. The highest BCUT2D eigenvalue weighted by atomic mass is 35.5. The van der Waals surface area contributed by atoms with E-state index >= 15 is 0 Å². The molecule has 1 aromatic carbocycles. The summed E-state index contributed by atoms with van der Waals surface area (Å²) in [6, 6.07) is 5.72. The second-order valence-electron chi connectivity index (χ2n) is 5.49. The van der Waals surface area contributed by atoms with E-state index in [0.717, 1.165) is 29.6 Å². The molecule has 0 aliphatic rings. The molecule has 0 aliphatic carbocycles. The van der Waals surface area contributed by atoms with Crippen LogP contribution in [0, 0.1) is 0 Å². The van der Waals surface area contributed by atoms with Gasteiger partial charge in [-0.05, 0) is 45.4 Å². The lowest BCUT2D eigenvalue weighted by Gasteiger charge is -2.30. The molecule has 2 rings (SSSR count). The molecule has 0 saturated carbocycles. The van der Waals surface area contributed by atoms with E-state index in [1.807, 2.05) is 57.0 Å². The van der Waals surface area contributed by atoms with Gasteiger partial charge in [0.25, 0.3) is 0 Å². The van der Waals surface area contributed by atoms with Crippen LogP contribution in [0.5, 0.6) is 0 Å². The number of halogens is 1. The largest absolute Gasteiger partial charge is 0.361 e. The fourth-order valence-electron chi connectivity index (χ4n) is 2.64. The Morgan fingerprint density at radius 1 is 1.30 bits per heavy atom. The quantitative estimate of drug-likeness (QED) is 0.909. The predicted octanol–water partition coefficient (Wildman–Crippen LogP) is 3.97. The van der Waals surface area contributed by atoms with E-state index in [0.29, 0.717) is 5.02 Å². The number of carbonyl (C=O) groups is 1. The third-order valence-corrected chi connectivity index (χ3v) is 4.14. The zero-order valence-electron chi connectivity index (χ0n) is 12.5.